The van der Waals surface area contributed by atoms with E-state index < -0.39 is 0 Å². The maximum atomic E-state index is 9.74. The first-order valence-electron chi connectivity index (χ1n) is 7.71. The second-order valence-electron chi connectivity index (χ2n) is 7.20. The van der Waals surface area contributed by atoms with Crippen molar-refractivity contribution in [3.05, 3.63) is 0 Å². The summed E-state index contributed by atoms with van der Waals surface area (Å²) in [5.41, 5.74) is 1.16. The predicted octanol–water partition coefficient (Wildman–Crippen LogP) is 4.49. The van der Waals surface area contributed by atoms with Crippen molar-refractivity contribution >= 4 is 11.8 Å². The van der Waals surface area contributed by atoms with Crippen molar-refractivity contribution in [2.75, 3.05) is 5.75 Å². The number of rotatable bonds is 6. The van der Waals surface area contributed by atoms with Crippen molar-refractivity contribution in [1.82, 2.24) is 0 Å². The number of hydrogen-bond acceptors (Lipinski definition) is 2. The molecule has 2 aliphatic carbocycles. The molecular formula is C16H30OS. The van der Waals surface area contributed by atoms with Gasteiger partial charge in [-0.25, -0.2) is 0 Å². The summed E-state index contributed by atoms with van der Waals surface area (Å²) in [6.07, 6.45) is 7.56. The van der Waals surface area contributed by atoms with Crippen LogP contribution in [0.5, 0.6) is 0 Å². The van der Waals surface area contributed by atoms with E-state index in [0.717, 1.165) is 18.8 Å². The third-order valence-corrected chi connectivity index (χ3v) is 7.53. The number of aliphatic hydroxyl groups excluding tert-OH is 1. The lowest BCUT2D eigenvalue weighted by Crippen LogP contribution is -2.33. The Balaban J connectivity index is 1.86. The quantitative estimate of drug-likeness (QED) is 0.767. The monoisotopic (exact) mass is 270 g/mol. The van der Waals surface area contributed by atoms with E-state index in [4.69, 9.17) is 0 Å². The lowest BCUT2D eigenvalue weighted by Gasteiger charge is -2.38. The molecule has 18 heavy (non-hydrogen) atoms. The Morgan fingerprint density at radius 3 is 2.33 bits per heavy atom. The Bertz CT molecular complexity index is 279. The molecule has 0 aromatic carbocycles. The van der Waals surface area contributed by atoms with Gasteiger partial charge in [-0.1, -0.05) is 27.7 Å². The van der Waals surface area contributed by atoms with Gasteiger partial charge in [0.25, 0.3) is 0 Å². The third-order valence-electron chi connectivity index (χ3n) is 6.05. The SMILES string of the molecule is CC[C@@H](O)CC(C)SCC12CCC(CC1)C2(C)C. The van der Waals surface area contributed by atoms with Gasteiger partial charge in [0.15, 0.2) is 0 Å². The van der Waals surface area contributed by atoms with Gasteiger partial charge in [0, 0.05) is 5.25 Å². The summed E-state index contributed by atoms with van der Waals surface area (Å²) in [7, 11) is 0. The molecule has 0 aromatic rings. The largest absolute Gasteiger partial charge is 0.393 e. The molecule has 2 rings (SSSR count). The Morgan fingerprint density at radius 1 is 1.28 bits per heavy atom. The molecule has 1 N–H and O–H groups in total. The Hall–Kier alpha value is 0.310. The molecule has 0 aliphatic heterocycles. The molecule has 2 atom stereocenters. The molecule has 1 unspecified atom stereocenters. The Morgan fingerprint density at radius 2 is 1.89 bits per heavy atom. The highest BCUT2D eigenvalue weighted by molar-refractivity contribution is 7.99. The first-order chi connectivity index (χ1) is 8.41. The molecule has 2 heteroatoms. The summed E-state index contributed by atoms with van der Waals surface area (Å²) in [5, 5.41) is 10.3. The molecule has 106 valence electrons. The normalized spacial score (nSPS) is 36.8. The standard InChI is InChI=1S/C16H30OS/c1-5-14(17)10-12(2)18-11-16-8-6-13(7-9-16)15(16,3)4/h12-14,17H,5-11H2,1-4H3/t12?,13?,14-,16?/m1/s1. The van der Waals surface area contributed by atoms with Crippen LogP contribution in [0.25, 0.3) is 0 Å². The van der Waals surface area contributed by atoms with Crippen molar-refractivity contribution in [2.24, 2.45) is 16.7 Å². The zero-order valence-electron chi connectivity index (χ0n) is 12.5. The molecule has 1 nitrogen and oxygen atoms in total. The summed E-state index contributed by atoms with van der Waals surface area (Å²) >= 11 is 2.11. The second kappa shape index (κ2) is 5.36. The van der Waals surface area contributed by atoms with Gasteiger partial charge in [0.1, 0.15) is 0 Å². The minimum absolute atomic E-state index is 0.0992. The van der Waals surface area contributed by atoms with Crippen molar-refractivity contribution in [1.29, 1.82) is 0 Å². The average molecular weight is 270 g/mol. The van der Waals surface area contributed by atoms with Crippen LogP contribution in [0.15, 0.2) is 0 Å². The van der Waals surface area contributed by atoms with Crippen LogP contribution in [-0.2, 0) is 0 Å². The zero-order valence-corrected chi connectivity index (χ0v) is 13.4. The van der Waals surface area contributed by atoms with Crippen LogP contribution in [-0.4, -0.2) is 22.2 Å². The fourth-order valence-electron chi connectivity index (χ4n) is 4.22. The first kappa shape index (κ1) is 14.7. The molecule has 0 spiro atoms. The summed E-state index contributed by atoms with van der Waals surface area (Å²) in [6.45, 7) is 9.37. The van der Waals surface area contributed by atoms with E-state index in [1.807, 2.05) is 0 Å². The van der Waals surface area contributed by atoms with Crippen molar-refractivity contribution in [3.63, 3.8) is 0 Å². The molecule has 2 bridgehead atoms. The Labute approximate surface area is 117 Å². The smallest absolute Gasteiger partial charge is 0.0548 e. The highest BCUT2D eigenvalue weighted by Gasteiger charge is 2.58. The van der Waals surface area contributed by atoms with Gasteiger partial charge >= 0.3 is 0 Å². The van der Waals surface area contributed by atoms with Gasteiger partial charge in [0.2, 0.25) is 0 Å². The number of fused-ring (bicyclic) bond motifs is 2. The summed E-state index contributed by atoms with van der Waals surface area (Å²) < 4.78 is 0. The molecule has 2 fully saturated rings. The third kappa shape index (κ3) is 2.47. The topological polar surface area (TPSA) is 20.2 Å². The van der Waals surface area contributed by atoms with E-state index in [0.29, 0.717) is 16.1 Å². The van der Waals surface area contributed by atoms with E-state index in [1.54, 1.807) is 0 Å². The highest BCUT2D eigenvalue weighted by Crippen LogP contribution is 2.66. The average Bonchev–Trinajstić information content (AvgIpc) is 2.73. The lowest BCUT2D eigenvalue weighted by atomic mass is 9.71. The maximum absolute atomic E-state index is 9.74. The van der Waals surface area contributed by atoms with Crippen LogP contribution in [0.4, 0.5) is 0 Å². The number of aliphatic hydroxyl groups is 1. The summed E-state index contributed by atoms with van der Waals surface area (Å²) in [4.78, 5) is 0. The van der Waals surface area contributed by atoms with E-state index >= 15 is 0 Å². The number of thioether (sulfide) groups is 1. The van der Waals surface area contributed by atoms with Crippen LogP contribution in [0.1, 0.15) is 66.2 Å². The van der Waals surface area contributed by atoms with Crippen molar-refractivity contribution < 1.29 is 5.11 Å². The van der Waals surface area contributed by atoms with Gasteiger partial charge < -0.3 is 5.11 Å². The summed E-state index contributed by atoms with van der Waals surface area (Å²) in [6, 6.07) is 0. The fraction of sp³-hybridized carbons (Fsp3) is 1.00. The Kier molecular flexibility index (Phi) is 4.38. The minimum Gasteiger partial charge on any atom is -0.393 e. The fourth-order valence-corrected chi connectivity index (χ4v) is 5.84. The molecule has 0 heterocycles. The molecular weight excluding hydrogens is 240 g/mol. The van der Waals surface area contributed by atoms with Gasteiger partial charge in [0.05, 0.1) is 6.10 Å². The summed E-state index contributed by atoms with van der Waals surface area (Å²) in [5.74, 6) is 2.29. The van der Waals surface area contributed by atoms with Crippen molar-refractivity contribution in [3.8, 4) is 0 Å². The zero-order chi connectivity index (χ0) is 13.4. The molecule has 2 aliphatic rings. The minimum atomic E-state index is -0.0992. The van der Waals surface area contributed by atoms with Gasteiger partial charge in [-0.2, -0.15) is 11.8 Å². The maximum Gasteiger partial charge on any atom is 0.0548 e. The van der Waals surface area contributed by atoms with Gasteiger partial charge in [-0.05, 0) is 61.0 Å². The predicted molar refractivity (Wildman–Crippen MR) is 81.0 cm³/mol. The molecule has 0 amide bonds. The van der Waals surface area contributed by atoms with Gasteiger partial charge in [-0.15, -0.1) is 0 Å². The van der Waals surface area contributed by atoms with Crippen LogP contribution in [0, 0.1) is 16.7 Å². The lowest BCUT2D eigenvalue weighted by molar-refractivity contribution is 0.155. The number of hydrogen-bond donors (Lipinski definition) is 1. The van der Waals surface area contributed by atoms with Crippen LogP contribution in [0.2, 0.25) is 0 Å². The second-order valence-corrected chi connectivity index (χ2v) is 8.62. The first-order valence-corrected chi connectivity index (χ1v) is 8.76. The van der Waals surface area contributed by atoms with E-state index in [1.165, 1.54) is 31.4 Å². The van der Waals surface area contributed by atoms with Crippen LogP contribution in [0.3, 0.4) is 0 Å². The highest BCUT2D eigenvalue weighted by atomic mass is 32.2. The molecule has 2 saturated carbocycles. The van der Waals surface area contributed by atoms with E-state index in [9.17, 15) is 5.11 Å². The van der Waals surface area contributed by atoms with Gasteiger partial charge in [-0.3, -0.25) is 0 Å². The van der Waals surface area contributed by atoms with Crippen molar-refractivity contribution in [2.45, 2.75) is 77.6 Å². The van der Waals surface area contributed by atoms with Crippen LogP contribution >= 0.6 is 11.8 Å². The molecule has 0 radical (unpaired) electrons. The van der Waals surface area contributed by atoms with E-state index in [2.05, 4.69) is 39.5 Å². The molecule has 0 saturated heterocycles. The van der Waals surface area contributed by atoms with E-state index in [-0.39, 0.29) is 6.10 Å². The van der Waals surface area contributed by atoms with Crippen LogP contribution < -0.4 is 0 Å². The molecule has 0 aromatic heterocycles.